The Hall–Kier alpha value is -1.88. The first-order chi connectivity index (χ1) is 13.6. The van der Waals surface area contributed by atoms with E-state index in [9.17, 15) is 14.4 Å². The van der Waals surface area contributed by atoms with Crippen molar-refractivity contribution in [3.8, 4) is 0 Å². The van der Waals surface area contributed by atoms with Crippen LogP contribution in [0.3, 0.4) is 0 Å². The molecule has 0 atom stereocenters. The van der Waals surface area contributed by atoms with Crippen LogP contribution < -0.4 is 16.0 Å². The third-order valence-corrected chi connectivity index (χ3v) is 5.50. The van der Waals surface area contributed by atoms with Gasteiger partial charge in [0.2, 0.25) is 0 Å². The second kappa shape index (κ2) is 10.6. The largest absolute Gasteiger partial charge is 0.540 e. The Morgan fingerprint density at radius 2 is 0.786 bits per heavy atom. The molecule has 3 saturated heterocycles. The van der Waals surface area contributed by atoms with Crippen LogP contribution in [0.15, 0.2) is 0 Å². The Labute approximate surface area is 164 Å². The molecule has 3 N–H and O–H groups in total. The molecule has 0 aromatic carbocycles. The van der Waals surface area contributed by atoms with Gasteiger partial charge in [0.15, 0.2) is 0 Å². The van der Waals surface area contributed by atoms with Crippen LogP contribution in [-0.4, -0.2) is 112 Å². The van der Waals surface area contributed by atoms with Gasteiger partial charge in [0.25, 0.3) is 0 Å². The van der Waals surface area contributed by atoms with E-state index in [4.69, 9.17) is 13.6 Å². The lowest BCUT2D eigenvalue weighted by Crippen LogP contribution is -2.48. The third kappa shape index (κ3) is 6.06. The number of carbonyl (C=O) groups is 3. The lowest BCUT2D eigenvalue weighted by Gasteiger charge is -2.30. The van der Waals surface area contributed by atoms with Crippen molar-refractivity contribution in [1.29, 1.82) is 0 Å². The van der Waals surface area contributed by atoms with E-state index in [-0.39, 0.29) is 0 Å². The first-order valence-electron chi connectivity index (χ1n) is 9.46. The summed E-state index contributed by atoms with van der Waals surface area (Å²) in [4.78, 5) is 41.6. The van der Waals surface area contributed by atoms with E-state index in [0.717, 1.165) is 0 Å². The van der Waals surface area contributed by atoms with Gasteiger partial charge in [-0.05, 0) is 0 Å². The molecule has 0 bridgehead atoms. The van der Waals surface area contributed by atoms with Crippen molar-refractivity contribution < 1.29 is 28.0 Å². The van der Waals surface area contributed by atoms with Crippen LogP contribution in [0.2, 0.25) is 0 Å². The van der Waals surface area contributed by atoms with E-state index >= 15 is 0 Å². The van der Waals surface area contributed by atoms with Crippen molar-refractivity contribution in [2.75, 3.05) is 78.5 Å². The summed E-state index contributed by atoms with van der Waals surface area (Å²) in [6.45, 7) is 6.71. The number of amides is 3. The van der Waals surface area contributed by atoms with Gasteiger partial charge in [-0.2, -0.15) is 0 Å². The molecule has 0 aromatic rings. The summed E-state index contributed by atoms with van der Waals surface area (Å²) in [5.41, 5.74) is 0. The molecule has 3 fully saturated rings. The summed E-state index contributed by atoms with van der Waals surface area (Å²) >= 11 is 0. The average molecular weight is 418 g/mol. The minimum atomic E-state index is -2.49. The molecule has 13 heteroatoms. The maximum Gasteiger partial charge on any atom is 0.540 e. The van der Waals surface area contributed by atoms with E-state index in [1.165, 1.54) is 14.7 Å². The van der Waals surface area contributed by atoms with E-state index in [0.29, 0.717) is 78.5 Å². The minimum Gasteiger partial charge on any atom is -0.358 e. The van der Waals surface area contributed by atoms with Gasteiger partial charge in [0, 0.05) is 78.5 Å². The second-order valence-electron chi connectivity index (χ2n) is 6.51. The Morgan fingerprint density at radius 1 is 0.536 bits per heavy atom. The second-order valence-corrected chi connectivity index (χ2v) is 7.50. The number of carbonyl (C=O) groups excluding carboxylic acids is 3. The van der Waals surface area contributed by atoms with Gasteiger partial charge in [-0.1, -0.05) is 0 Å². The van der Waals surface area contributed by atoms with Crippen molar-refractivity contribution in [2.45, 2.75) is 0 Å². The molecule has 3 aliphatic rings. The monoisotopic (exact) mass is 418 g/mol. The molecule has 3 aliphatic heterocycles. The first-order valence-corrected chi connectivity index (χ1v) is 10.6. The van der Waals surface area contributed by atoms with E-state index < -0.39 is 26.9 Å². The lowest BCUT2D eigenvalue weighted by molar-refractivity contribution is 0.106. The molecule has 0 aromatic heterocycles. The van der Waals surface area contributed by atoms with Crippen LogP contribution in [0.5, 0.6) is 0 Å². The molecule has 0 unspecified atom stereocenters. The SMILES string of the molecule is O=C(OP(OC(=O)N1CCNCC1)OC(=O)N1CCNCC1)N1CCNCC1. The highest BCUT2D eigenvalue weighted by molar-refractivity contribution is 7.43. The summed E-state index contributed by atoms with van der Waals surface area (Å²) < 4.78 is 15.8. The highest BCUT2D eigenvalue weighted by atomic mass is 31.2. The summed E-state index contributed by atoms with van der Waals surface area (Å²) in [7, 11) is -2.49. The molecule has 3 amide bonds. The predicted octanol–water partition coefficient (Wildman–Crippen LogP) is -0.661. The average Bonchev–Trinajstić information content (AvgIpc) is 2.75. The summed E-state index contributed by atoms with van der Waals surface area (Å²) in [6, 6.07) is 0. The highest BCUT2D eigenvalue weighted by Gasteiger charge is 2.34. The standard InChI is InChI=1S/C15H27N6O6P/c22-13(19-7-1-16-2-8-19)25-28(26-14(23)20-9-3-17-4-10-20)27-15(24)21-11-5-18-6-12-21/h16-18H,1-12H2. The van der Waals surface area contributed by atoms with Crippen molar-refractivity contribution in [3.63, 3.8) is 0 Å². The van der Waals surface area contributed by atoms with Crippen LogP contribution in [-0.2, 0) is 13.6 Å². The number of hydrogen-bond acceptors (Lipinski definition) is 9. The Bertz CT molecular complexity index is 475. The van der Waals surface area contributed by atoms with Crippen molar-refractivity contribution >= 4 is 26.9 Å². The van der Waals surface area contributed by atoms with Gasteiger partial charge in [-0.3, -0.25) is 0 Å². The molecule has 0 aliphatic carbocycles. The fourth-order valence-electron chi connectivity index (χ4n) is 2.96. The maximum absolute atomic E-state index is 12.4. The Kier molecular flexibility index (Phi) is 7.90. The molecule has 0 spiro atoms. The summed E-state index contributed by atoms with van der Waals surface area (Å²) in [5.74, 6) is 0. The fourth-order valence-corrected chi connectivity index (χ4v) is 3.80. The lowest BCUT2D eigenvalue weighted by atomic mass is 10.4. The molecule has 3 rings (SSSR count). The molecule has 0 radical (unpaired) electrons. The number of hydrogen-bond donors (Lipinski definition) is 3. The normalized spacial score (nSPS) is 20.7. The number of piperazine rings is 3. The third-order valence-electron chi connectivity index (χ3n) is 4.58. The van der Waals surface area contributed by atoms with Crippen molar-refractivity contribution in [2.24, 2.45) is 0 Å². The Morgan fingerprint density at radius 3 is 1.04 bits per heavy atom. The summed E-state index contributed by atoms with van der Waals surface area (Å²) in [5, 5.41) is 9.40. The topological polar surface area (TPSA) is 125 Å². The van der Waals surface area contributed by atoms with Gasteiger partial charge in [-0.15, -0.1) is 0 Å². The molecule has 28 heavy (non-hydrogen) atoms. The van der Waals surface area contributed by atoms with Crippen LogP contribution in [0, 0.1) is 0 Å². The fraction of sp³-hybridized carbons (Fsp3) is 0.800. The highest BCUT2D eigenvalue weighted by Crippen LogP contribution is 2.42. The zero-order valence-electron chi connectivity index (χ0n) is 15.7. The maximum atomic E-state index is 12.4. The zero-order valence-corrected chi connectivity index (χ0v) is 16.6. The smallest absolute Gasteiger partial charge is 0.358 e. The van der Waals surface area contributed by atoms with E-state index in [1.807, 2.05) is 0 Å². The number of rotatable bonds is 3. The van der Waals surface area contributed by atoms with Crippen molar-refractivity contribution in [3.05, 3.63) is 0 Å². The molecule has 3 heterocycles. The number of nitrogens with zero attached hydrogens (tertiary/aromatic N) is 3. The van der Waals surface area contributed by atoms with E-state index in [2.05, 4.69) is 16.0 Å². The van der Waals surface area contributed by atoms with Gasteiger partial charge < -0.3 is 44.2 Å². The van der Waals surface area contributed by atoms with Crippen molar-refractivity contribution in [1.82, 2.24) is 30.7 Å². The molecule has 0 saturated carbocycles. The molecule has 158 valence electrons. The summed E-state index contributed by atoms with van der Waals surface area (Å²) in [6.07, 6.45) is -1.98. The van der Waals surface area contributed by atoms with E-state index in [1.54, 1.807) is 0 Å². The minimum absolute atomic E-state index is 0.472. The van der Waals surface area contributed by atoms with Crippen LogP contribution in [0.25, 0.3) is 0 Å². The predicted molar refractivity (Wildman–Crippen MR) is 99.7 cm³/mol. The molecular weight excluding hydrogens is 391 g/mol. The van der Waals surface area contributed by atoms with Crippen LogP contribution in [0.4, 0.5) is 14.4 Å². The van der Waals surface area contributed by atoms with Gasteiger partial charge in [-0.25, -0.2) is 14.4 Å². The van der Waals surface area contributed by atoms with Gasteiger partial charge in [0.1, 0.15) is 0 Å². The van der Waals surface area contributed by atoms with Gasteiger partial charge >= 0.3 is 26.9 Å². The molecule has 12 nitrogen and oxygen atoms in total. The first kappa shape index (κ1) is 20.8. The van der Waals surface area contributed by atoms with Crippen LogP contribution >= 0.6 is 8.60 Å². The zero-order chi connectivity index (χ0) is 19.8. The quantitative estimate of drug-likeness (QED) is 0.512. The van der Waals surface area contributed by atoms with Crippen LogP contribution in [0.1, 0.15) is 0 Å². The Balaban J connectivity index is 1.59. The van der Waals surface area contributed by atoms with Gasteiger partial charge in [0.05, 0.1) is 0 Å². The number of nitrogens with one attached hydrogen (secondary N) is 3. The molecular formula is C15H27N6O6P.